The molecule has 1 aromatic carbocycles. The minimum absolute atomic E-state index is 0.216. The smallest absolute Gasteiger partial charge is 0.125 e. The number of H-pyrrole nitrogens is 1. The van der Waals surface area contributed by atoms with Crippen LogP contribution in [0.4, 0.5) is 4.39 Å². The lowest BCUT2D eigenvalue weighted by Crippen LogP contribution is -2.31. The second kappa shape index (κ2) is 4.45. The number of imidazole rings is 1. The molecule has 0 unspecified atom stereocenters. The van der Waals surface area contributed by atoms with E-state index in [0.717, 1.165) is 36.4 Å². The lowest BCUT2D eigenvalue weighted by Gasteiger charge is -2.21. The highest BCUT2D eigenvalue weighted by molar-refractivity contribution is 5.74. The summed E-state index contributed by atoms with van der Waals surface area (Å²) in [7, 11) is 0. The molecule has 4 heteroatoms. The van der Waals surface area contributed by atoms with Crippen LogP contribution in [0.5, 0.6) is 0 Å². The summed E-state index contributed by atoms with van der Waals surface area (Å²) >= 11 is 0. The van der Waals surface area contributed by atoms with Gasteiger partial charge in [-0.15, -0.1) is 0 Å². The molecule has 0 spiro atoms. The van der Waals surface area contributed by atoms with E-state index in [1.54, 1.807) is 6.07 Å². The van der Waals surface area contributed by atoms with Crippen molar-refractivity contribution in [2.45, 2.75) is 19.3 Å². The quantitative estimate of drug-likeness (QED) is 0.835. The third-order valence-corrected chi connectivity index (χ3v) is 3.37. The SMILES string of the molecule is Fc1ccc2nc(C[C@H]3CCCNC3)[nH]c2c1. The largest absolute Gasteiger partial charge is 0.342 e. The van der Waals surface area contributed by atoms with E-state index < -0.39 is 0 Å². The fourth-order valence-electron chi connectivity index (χ4n) is 2.50. The van der Waals surface area contributed by atoms with E-state index in [9.17, 15) is 4.39 Å². The first-order valence-corrected chi connectivity index (χ1v) is 6.16. The van der Waals surface area contributed by atoms with Gasteiger partial charge in [-0.25, -0.2) is 9.37 Å². The lowest BCUT2D eigenvalue weighted by atomic mass is 9.96. The average molecular weight is 233 g/mol. The van der Waals surface area contributed by atoms with E-state index >= 15 is 0 Å². The fourth-order valence-corrected chi connectivity index (χ4v) is 2.50. The molecular formula is C13H16FN3. The van der Waals surface area contributed by atoms with Crippen LogP contribution in [0, 0.1) is 11.7 Å². The van der Waals surface area contributed by atoms with Crippen LogP contribution >= 0.6 is 0 Å². The van der Waals surface area contributed by atoms with E-state index in [1.807, 2.05) is 0 Å². The Bertz CT molecular complexity index is 514. The molecule has 1 atom stereocenters. The molecule has 2 N–H and O–H groups in total. The predicted molar refractivity (Wildman–Crippen MR) is 65.3 cm³/mol. The summed E-state index contributed by atoms with van der Waals surface area (Å²) in [6.07, 6.45) is 3.43. The van der Waals surface area contributed by atoms with Crippen molar-refractivity contribution >= 4 is 11.0 Å². The molecule has 2 heterocycles. The summed E-state index contributed by atoms with van der Waals surface area (Å²) in [4.78, 5) is 7.70. The Morgan fingerprint density at radius 1 is 1.41 bits per heavy atom. The topological polar surface area (TPSA) is 40.7 Å². The zero-order chi connectivity index (χ0) is 11.7. The van der Waals surface area contributed by atoms with Crippen LogP contribution in [0.15, 0.2) is 18.2 Å². The molecule has 0 saturated carbocycles. The first-order valence-electron chi connectivity index (χ1n) is 6.16. The summed E-state index contributed by atoms with van der Waals surface area (Å²) in [6.45, 7) is 2.19. The molecule has 1 aliphatic heterocycles. The van der Waals surface area contributed by atoms with Crippen LogP contribution < -0.4 is 5.32 Å². The number of rotatable bonds is 2. The highest BCUT2D eigenvalue weighted by Crippen LogP contribution is 2.18. The van der Waals surface area contributed by atoms with Crippen LogP contribution in [0.1, 0.15) is 18.7 Å². The van der Waals surface area contributed by atoms with Gasteiger partial charge in [0.2, 0.25) is 0 Å². The summed E-state index contributed by atoms with van der Waals surface area (Å²) in [5, 5.41) is 3.40. The van der Waals surface area contributed by atoms with Gasteiger partial charge >= 0.3 is 0 Å². The Balaban J connectivity index is 1.80. The van der Waals surface area contributed by atoms with E-state index in [-0.39, 0.29) is 5.82 Å². The van der Waals surface area contributed by atoms with Crippen LogP contribution in [-0.2, 0) is 6.42 Å². The number of piperidine rings is 1. The standard InChI is InChI=1S/C13H16FN3/c14-10-3-4-11-12(7-10)17-13(16-11)6-9-2-1-5-15-8-9/h3-4,7,9,15H,1-2,5-6,8H2,(H,16,17)/t9-/m1/s1. The van der Waals surface area contributed by atoms with Crippen molar-refractivity contribution < 1.29 is 4.39 Å². The minimum atomic E-state index is -0.216. The number of aromatic amines is 1. The third-order valence-electron chi connectivity index (χ3n) is 3.37. The monoisotopic (exact) mass is 233 g/mol. The molecule has 3 rings (SSSR count). The van der Waals surface area contributed by atoms with Crippen LogP contribution in [-0.4, -0.2) is 23.1 Å². The third kappa shape index (κ3) is 2.31. The van der Waals surface area contributed by atoms with E-state index in [2.05, 4.69) is 15.3 Å². The van der Waals surface area contributed by atoms with Crippen LogP contribution in [0.2, 0.25) is 0 Å². The minimum Gasteiger partial charge on any atom is -0.342 e. The van der Waals surface area contributed by atoms with Crippen molar-refractivity contribution in [3.05, 3.63) is 29.8 Å². The zero-order valence-corrected chi connectivity index (χ0v) is 9.67. The molecule has 3 nitrogen and oxygen atoms in total. The van der Waals surface area contributed by atoms with E-state index in [4.69, 9.17) is 0 Å². The number of fused-ring (bicyclic) bond motifs is 1. The van der Waals surface area contributed by atoms with Crippen molar-refractivity contribution in [2.24, 2.45) is 5.92 Å². The molecular weight excluding hydrogens is 217 g/mol. The Kier molecular flexibility index (Phi) is 2.81. The van der Waals surface area contributed by atoms with Gasteiger partial charge in [-0.3, -0.25) is 0 Å². The van der Waals surface area contributed by atoms with Crippen LogP contribution in [0.25, 0.3) is 11.0 Å². The van der Waals surface area contributed by atoms with Crippen molar-refractivity contribution in [1.29, 1.82) is 0 Å². The van der Waals surface area contributed by atoms with Crippen molar-refractivity contribution in [3.63, 3.8) is 0 Å². The van der Waals surface area contributed by atoms with Crippen molar-refractivity contribution in [1.82, 2.24) is 15.3 Å². The van der Waals surface area contributed by atoms with Gasteiger partial charge in [-0.1, -0.05) is 0 Å². The number of nitrogens with one attached hydrogen (secondary N) is 2. The van der Waals surface area contributed by atoms with Gasteiger partial charge in [0.15, 0.2) is 0 Å². The molecule has 1 fully saturated rings. The maximum Gasteiger partial charge on any atom is 0.125 e. The van der Waals surface area contributed by atoms with E-state index in [1.165, 1.54) is 25.0 Å². The maximum absolute atomic E-state index is 13.0. The van der Waals surface area contributed by atoms with Gasteiger partial charge in [0.05, 0.1) is 11.0 Å². The van der Waals surface area contributed by atoms with Crippen LogP contribution in [0.3, 0.4) is 0 Å². The molecule has 2 aromatic rings. The molecule has 1 aromatic heterocycles. The Morgan fingerprint density at radius 2 is 2.35 bits per heavy atom. The van der Waals surface area contributed by atoms with Crippen molar-refractivity contribution in [2.75, 3.05) is 13.1 Å². The van der Waals surface area contributed by atoms with Gasteiger partial charge in [0.25, 0.3) is 0 Å². The summed E-state index contributed by atoms with van der Waals surface area (Å²) in [5.74, 6) is 1.40. The van der Waals surface area contributed by atoms with Gasteiger partial charge < -0.3 is 10.3 Å². The van der Waals surface area contributed by atoms with Gasteiger partial charge in [0, 0.05) is 6.42 Å². The number of halogens is 1. The molecule has 0 radical (unpaired) electrons. The molecule has 1 saturated heterocycles. The second-order valence-electron chi connectivity index (χ2n) is 4.76. The number of nitrogens with zero attached hydrogens (tertiary/aromatic N) is 1. The average Bonchev–Trinajstić information content (AvgIpc) is 2.71. The van der Waals surface area contributed by atoms with Gasteiger partial charge in [-0.05, 0) is 50.0 Å². The molecule has 0 aliphatic carbocycles. The second-order valence-corrected chi connectivity index (χ2v) is 4.76. The molecule has 90 valence electrons. The van der Waals surface area contributed by atoms with Gasteiger partial charge in [0.1, 0.15) is 11.6 Å². The number of benzene rings is 1. The maximum atomic E-state index is 13.0. The Morgan fingerprint density at radius 3 is 3.18 bits per heavy atom. The molecule has 0 amide bonds. The first kappa shape index (κ1) is 10.7. The fraction of sp³-hybridized carbons (Fsp3) is 0.462. The molecule has 17 heavy (non-hydrogen) atoms. The number of hydrogen-bond donors (Lipinski definition) is 2. The van der Waals surface area contributed by atoms with Gasteiger partial charge in [-0.2, -0.15) is 0 Å². The lowest BCUT2D eigenvalue weighted by molar-refractivity contribution is 0.371. The predicted octanol–water partition coefficient (Wildman–Crippen LogP) is 2.24. The summed E-state index contributed by atoms with van der Waals surface area (Å²) in [5.41, 5.74) is 1.65. The zero-order valence-electron chi connectivity index (χ0n) is 9.67. The number of aromatic nitrogens is 2. The highest BCUT2D eigenvalue weighted by Gasteiger charge is 2.15. The Labute approximate surface area is 99.4 Å². The first-order chi connectivity index (χ1) is 8.31. The Hall–Kier alpha value is -1.42. The molecule has 0 bridgehead atoms. The summed E-state index contributed by atoms with van der Waals surface area (Å²) in [6, 6.07) is 4.68. The highest BCUT2D eigenvalue weighted by atomic mass is 19.1. The van der Waals surface area contributed by atoms with E-state index in [0.29, 0.717) is 5.92 Å². The molecule has 1 aliphatic rings. The summed E-state index contributed by atoms with van der Waals surface area (Å²) < 4.78 is 13.0. The normalized spacial score (nSPS) is 20.9. The van der Waals surface area contributed by atoms with Crippen molar-refractivity contribution in [3.8, 4) is 0 Å². The number of hydrogen-bond acceptors (Lipinski definition) is 2.